The van der Waals surface area contributed by atoms with E-state index in [0.717, 1.165) is 12.4 Å². The average molecular weight is 614 g/mol. The van der Waals surface area contributed by atoms with Gasteiger partial charge in [-0.3, -0.25) is 14.6 Å². The summed E-state index contributed by atoms with van der Waals surface area (Å²) >= 11 is 6.45. The summed E-state index contributed by atoms with van der Waals surface area (Å²) in [5.41, 5.74) is -1.94. The van der Waals surface area contributed by atoms with Crippen LogP contribution in [-0.2, 0) is 15.8 Å². The summed E-state index contributed by atoms with van der Waals surface area (Å²) < 4.78 is 41.1. The number of rotatable bonds is 6. The average Bonchev–Trinajstić information content (AvgIpc) is 3.25. The van der Waals surface area contributed by atoms with Gasteiger partial charge in [0.15, 0.2) is 11.5 Å². The molecule has 2 amide bonds. The number of benzene rings is 1. The maximum atomic E-state index is 14.2. The van der Waals surface area contributed by atoms with Gasteiger partial charge in [-0.15, -0.1) is 0 Å². The zero-order chi connectivity index (χ0) is 31.5. The van der Waals surface area contributed by atoms with Gasteiger partial charge in [0, 0.05) is 52.7 Å². The number of hydrogen-bond acceptors (Lipinski definition) is 7. The number of nitrogens with one attached hydrogen (secondary N) is 2. The van der Waals surface area contributed by atoms with Crippen LogP contribution in [0.2, 0.25) is 5.02 Å². The van der Waals surface area contributed by atoms with Crippen molar-refractivity contribution >= 4 is 40.0 Å². The number of alkyl halides is 3. The van der Waals surface area contributed by atoms with Gasteiger partial charge in [0.25, 0.3) is 0 Å². The Balaban J connectivity index is 1.46. The van der Waals surface area contributed by atoms with Crippen molar-refractivity contribution in [1.29, 1.82) is 5.26 Å². The Labute approximate surface area is 251 Å². The van der Waals surface area contributed by atoms with Crippen molar-refractivity contribution in [3.05, 3.63) is 59.3 Å². The largest absolute Gasteiger partial charge is 0.437 e. The second-order valence-electron chi connectivity index (χ2n) is 12.7. The lowest BCUT2D eigenvalue weighted by Crippen LogP contribution is -2.56. The number of pyridine rings is 1. The Kier molecular flexibility index (Phi) is 7.53. The molecule has 3 heterocycles. The molecule has 5 rings (SSSR count). The van der Waals surface area contributed by atoms with E-state index in [4.69, 9.17) is 11.6 Å². The lowest BCUT2D eigenvalue weighted by atomic mass is 9.85. The number of aromatic nitrogens is 3. The summed E-state index contributed by atoms with van der Waals surface area (Å²) in [6.45, 7) is 9.40. The minimum Gasteiger partial charge on any atom is -0.356 e. The Bertz CT molecular complexity index is 1630. The molecule has 2 N–H and O–H groups in total. The molecular formula is C30H31ClF3N7O2. The van der Waals surface area contributed by atoms with Crippen molar-refractivity contribution in [2.24, 2.45) is 22.7 Å². The van der Waals surface area contributed by atoms with Gasteiger partial charge in [-0.05, 0) is 28.7 Å². The zero-order valence-corrected chi connectivity index (χ0v) is 25.0. The van der Waals surface area contributed by atoms with Crippen LogP contribution in [0.15, 0.2) is 43.0 Å². The van der Waals surface area contributed by atoms with Crippen LogP contribution in [0.4, 0.5) is 19.0 Å². The van der Waals surface area contributed by atoms with Gasteiger partial charge in [-0.2, -0.15) is 18.4 Å². The standard InChI is InChI=1S/C30H31ClF3N7O2/c1-28(2,3)24(40-25-23(30(32,33)34)37-9-10-38-25)27(43)41-14-17-21(29(17,4)5)22(41)26(42)39-19(11-35)16-13-36-12-15-7-6-8-18(31)20(15)16/h6-10,12-13,17,19,21-22,24H,14H2,1-5H3,(H,38,40)(H,39,42)/t17-,19?,21-,22-,24+/m0/s1. The second-order valence-corrected chi connectivity index (χ2v) is 13.1. The number of carbonyl (C=O) groups excluding carboxylic acids is 2. The summed E-state index contributed by atoms with van der Waals surface area (Å²) in [4.78, 5) is 41.0. The highest BCUT2D eigenvalue weighted by atomic mass is 35.5. The number of carbonyl (C=O) groups is 2. The second kappa shape index (κ2) is 10.6. The first kappa shape index (κ1) is 30.5. The number of anilines is 1. The molecule has 226 valence electrons. The number of piperidine rings is 1. The van der Waals surface area contributed by atoms with Crippen LogP contribution < -0.4 is 10.6 Å². The fraction of sp³-hybridized carbons (Fsp3) is 0.467. The molecule has 43 heavy (non-hydrogen) atoms. The van der Waals surface area contributed by atoms with E-state index < -0.39 is 53.0 Å². The van der Waals surface area contributed by atoms with Crippen molar-refractivity contribution < 1.29 is 22.8 Å². The molecule has 5 atom stereocenters. The molecule has 1 aromatic carbocycles. The van der Waals surface area contributed by atoms with Crippen molar-refractivity contribution in [1.82, 2.24) is 25.2 Å². The molecule has 0 bridgehead atoms. The molecule has 13 heteroatoms. The van der Waals surface area contributed by atoms with Gasteiger partial charge in [-0.1, -0.05) is 58.4 Å². The van der Waals surface area contributed by atoms with Gasteiger partial charge in [0.2, 0.25) is 11.8 Å². The number of nitrogens with zero attached hydrogens (tertiary/aromatic N) is 5. The third-order valence-corrected chi connectivity index (χ3v) is 8.92. The third-order valence-electron chi connectivity index (χ3n) is 8.61. The van der Waals surface area contributed by atoms with Crippen LogP contribution in [0, 0.1) is 34.0 Å². The third kappa shape index (κ3) is 5.46. The molecule has 0 spiro atoms. The molecular weight excluding hydrogens is 583 g/mol. The molecule has 1 aliphatic heterocycles. The van der Waals surface area contributed by atoms with E-state index >= 15 is 0 Å². The molecule has 2 aromatic heterocycles. The molecule has 1 saturated carbocycles. The van der Waals surface area contributed by atoms with E-state index in [1.165, 1.54) is 11.1 Å². The minimum absolute atomic E-state index is 0.00396. The highest BCUT2D eigenvalue weighted by molar-refractivity contribution is 6.35. The summed E-state index contributed by atoms with van der Waals surface area (Å²) in [6, 6.07) is 4.11. The van der Waals surface area contributed by atoms with E-state index in [2.05, 4.69) is 31.7 Å². The van der Waals surface area contributed by atoms with Gasteiger partial charge >= 0.3 is 6.18 Å². The Hall–Kier alpha value is -3.98. The predicted molar refractivity (Wildman–Crippen MR) is 153 cm³/mol. The fourth-order valence-electron chi connectivity index (χ4n) is 6.26. The van der Waals surface area contributed by atoms with Crippen molar-refractivity contribution in [3.63, 3.8) is 0 Å². The van der Waals surface area contributed by atoms with Crippen molar-refractivity contribution in [3.8, 4) is 6.07 Å². The smallest absolute Gasteiger partial charge is 0.356 e. The number of halogens is 4. The summed E-state index contributed by atoms with van der Waals surface area (Å²) in [7, 11) is 0. The quantitative estimate of drug-likeness (QED) is 0.382. The van der Waals surface area contributed by atoms with Gasteiger partial charge in [0.1, 0.15) is 18.1 Å². The summed E-state index contributed by atoms with van der Waals surface area (Å²) in [5, 5.41) is 17.3. The molecule has 0 radical (unpaired) electrons. The van der Waals surface area contributed by atoms with E-state index in [-0.39, 0.29) is 23.8 Å². The van der Waals surface area contributed by atoms with E-state index in [0.29, 0.717) is 21.4 Å². The number of hydrogen-bond donors (Lipinski definition) is 2. The minimum atomic E-state index is -4.80. The van der Waals surface area contributed by atoms with Crippen LogP contribution in [0.3, 0.4) is 0 Å². The van der Waals surface area contributed by atoms with Gasteiger partial charge < -0.3 is 15.5 Å². The number of amides is 2. The monoisotopic (exact) mass is 613 g/mol. The van der Waals surface area contributed by atoms with Gasteiger partial charge in [0.05, 0.1) is 6.07 Å². The molecule has 3 aromatic rings. The first-order valence-electron chi connectivity index (χ1n) is 13.7. The topological polar surface area (TPSA) is 124 Å². The lowest BCUT2D eigenvalue weighted by molar-refractivity contribution is -0.143. The molecule has 1 unspecified atom stereocenters. The van der Waals surface area contributed by atoms with Crippen LogP contribution in [0.1, 0.15) is 51.9 Å². The van der Waals surface area contributed by atoms with E-state index in [9.17, 15) is 28.0 Å². The predicted octanol–water partition coefficient (Wildman–Crippen LogP) is 5.39. The first-order chi connectivity index (χ1) is 20.1. The SMILES string of the molecule is CC(C)(C)[C@H](Nc1nccnc1C(F)(F)F)C(=O)N1C[C@H]2[C@@H]([C@H]1C(=O)NC(C#N)c1cncc3cccc(Cl)c13)C2(C)C. The first-order valence-corrected chi connectivity index (χ1v) is 14.1. The normalized spacial score (nSPS) is 22.3. The highest BCUT2D eigenvalue weighted by Crippen LogP contribution is 2.65. The fourth-order valence-corrected chi connectivity index (χ4v) is 6.55. The Morgan fingerprint density at radius 2 is 1.86 bits per heavy atom. The molecule has 1 aliphatic carbocycles. The summed E-state index contributed by atoms with van der Waals surface area (Å²) in [5.74, 6) is -1.85. The Morgan fingerprint density at radius 3 is 2.51 bits per heavy atom. The molecule has 9 nitrogen and oxygen atoms in total. The van der Waals surface area contributed by atoms with Crippen LogP contribution in [0.25, 0.3) is 10.8 Å². The van der Waals surface area contributed by atoms with E-state index in [1.807, 2.05) is 13.8 Å². The number of nitriles is 1. The van der Waals surface area contributed by atoms with Crippen molar-refractivity contribution in [2.75, 3.05) is 11.9 Å². The highest BCUT2D eigenvalue weighted by Gasteiger charge is 2.69. The van der Waals surface area contributed by atoms with Gasteiger partial charge in [-0.25, -0.2) is 9.97 Å². The summed E-state index contributed by atoms with van der Waals surface area (Å²) in [6.07, 6.45) is 0.333. The number of fused-ring (bicyclic) bond motifs is 2. The van der Waals surface area contributed by atoms with Crippen LogP contribution in [0.5, 0.6) is 0 Å². The maximum Gasteiger partial charge on any atom is 0.437 e. The van der Waals surface area contributed by atoms with E-state index in [1.54, 1.807) is 45.2 Å². The molecule has 2 fully saturated rings. The zero-order valence-electron chi connectivity index (χ0n) is 24.2. The molecule has 1 saturated heterocycles. The lowest BCUT2D eigenvalue weighted by Gasteiger charge is -2.38. The van der Waals surface area contributed by atoms with Crippen LogP contribution in [-0.4, -0.2) is 50.3 Å². The van der Waals surface area contributed by atoms with Crippen LogP contribution >= 0.6 is 11.6 Å². The molecule has 2 aliphatic rings. The Morgan fingerprint density at radius 1 is 1.16 bits per heavy atom. The number of likely N-dealkylation sites (tertiary alicyclic amines) is 1. The maximum absolute atomic E-state index is 14.2. The van der Waals surface area contributed by atoms with Crippen molar-refractivity contribution in [2.45, 2.75) is 58.9 Å².